The van der Waals surface area contributed by atoms with Crippen molar-refractivity contribution in [1.82, 2.24) is 9.78 Å². The zero-order valence-electron chi connectivity index (χ0n) is 15.6. The van der Waals surface area contributed by atoms with Gasteiger partial charge in [0.15, 0.2) is 11.5 Å². The molecule has 29 heavy (non-hydrogen) atoms. The highest BCUT2D eigenvalue weighted by Gasteiger charge is 2.15. The molecule has 1 amide bonds. The summed E-state index contributed by atoms with van der Waals surface area (Å²) >= 11 is 6.11. The van der Waals surface area contributed by atoms with Crippen LogP contribution in [-0.4, -0.2) is 15.7 Å². The molecule has 0 unspecified atom stereocenters. The molecule has 4 rings (SSSR count). The van der Waals surface area contributed by atoms with Crippen molar-refractivity contribution in [2.75, 3.05) is 5.32 Å². The summed E-state index contributed by atoms with van der Waals surface area (Å²) < 4.78 is 13.3. The molecule has 0 bridgehead atoms. The van der Waals surface area contributed by atoms with Crippen molar-refractivity contribution in [1.29, 1.82) is 0 Å². The highest BCUT2D eigenvalue weighted by molar-refractivity contribution is 6.31. The molecule has 0 aliphatic heterocycles. The predicted octanol–water partition coefficient (Wildman–Crippen LogP) is 5.53. The lowest BCUT2D eigenvalue weighted by Crippen LogP contribution is -2.11. The van der Waals surface area contributed by atoms with Gasteiger partial charge in [0, 0.05) is 17.4 Å². The minimum Gasteiger partial charge on any atom is -0.455 e. The van der Waals surface area contributed by atoms with Gasteiger partial charge >= 0.3 is 0 Å². The molecule has 4 aromatic rings. The van der Waals surface area contributed by atoms with Crippen LogP contribution in [-0.2, 0) is 6.54 Å². The molecular formula is C22H18ClN3O3. The van der Waals surface area contributed by atoms with E-state index in [4.69, 9.17) is 20.8 Å². The fourth-order valence-corrected chi connectivity index (χ4v) is 2.92. The summed E-state index contributed by atoms with van der Waals surface area (Å²) in [6.45, 7) is 2.45. The first kappa shape index (κ1) is 18.8. The van der Waals surface area contributed by atoms with Crippen molar-refractivity contribution >= 4 is 23.2 Å². The van der Waals surface area contributed by atoms with Crippen molar-refractivity contribution in [3.63, 3.8) is 0 Å². The monoisotopic (exact) mass is 407 g/mol. The van der Waals surface area contributed by atoms with Crippen LogP contribution in [0, 0.1) is 6.92 Å². The summed E-state index contributed by atoms with van der Waals surface area (Å²) in [7, 11) is 0. The first-order valence-electron chi connectivity index (χ1n) is 8.98. The third-order valence-corrected chi connectivity index (χ3v) is 4.44. The van der Waals surface area contributed by atoms with Crippen LogP contribution in [0.3, 0.4) is 0 Å². The second kappa shape index (κ2) is 8.24. The second-order valence-corrected chi connectivity index (χ2v) is 6.92. The maximum Gasteiger partial charge on any atom is 0.291 e. The third-order valence-electron chi connectivity index (χ3n) is 4.20. The highest BCUT2D eigenvalue weighted by Crippen LogP contribution is 2.32. The van der Waals surface area contributed by atoms with E-state index in [0.29, 0.717) is 34.5 Å². The number of hydrogen-bond acceptors (Lipinski definition) is 4. The number of furan rings is 1. The zero-order chi connectivity index (χ0) is 20.2. The van der Waals surface area contributed by atoms with Gasteiger partial charge < -0.3 is 14.5 Å². The molecule has 2 aromatic heterocycles. The first-order chi connectivity index (χ1) is 14.1. The van der Waals surface area contributed by atoms with Gasteiger partial charge in [-0.15, -0.1) is 0 Å². The largest absolute Gasteiger partial charge is 0.455 e. The molecule has 0 fully saturated rings. The Bertz CT molecular complexity index is 1120. The average Bonchev–Trinajstić information content (AvgIpc) is 3.38. The fourth-order valence-electron chi connectivity index (χ4n) is 2.74. The number of halogens is 1. The maximum absolute atomic E-state index is 12.7. The van der Waals surface area contributed by atoms with E-state index in [-0.39, 0.29) is 5.76 Å². The van der Waals surface area contributed by atoms with E-state index in [1.54, 1.807) is 41.2 Å². The quantitative estimate of drug-likeness (QED) is 0.456. The fraction of sp³-hybridized carbons (Fsp3) is 0.0909. The molecule has 7 heteroatoms. The maximum atomic E-state index is 12.7. The lowest BCUT2D eigenvalue weighted by molar-refractivity contribution is 0.0994. The van der Waals surface area contributed by atoms with Gasteiger partial charge in [-0.05, 0) is 55.5 Å². The van der Waals surface area contributed by atoms with Gasteiger partial charge in [0.1, 0.15) is 11.5 Å². The van der Waals surface area contributed by atoms with Gasteiger partial charge in [0.05, 0.1) is 12.2 Å². The smallest absolute Gasteiger partial charge is 0.291 e. The number of aromatic nitrogens is 2. The summed E-state index contributed by atoms with van der Waals surface area (Å²) in [6, 6.07) is 17.9. The summed E-state index contributed by atoms with van der Waals surface area (Å²) in [6.07, 6.45) is 3.51. The first-order valence-corrected chi connectivity index (χ1v) is 9.36. The molecule has 0 atom stereocenters. The van der Waals surface area contributed by atoms with Gasteiger partial charge in [0.25, 0.3) is 5.91 Å². The number of benzene rings is 2. The van der Waals surface area contributed by atoms with Crippen LogP contribution in [0.25, 0.3) is 0 Å². The molecule has 0 aliphatic carbocycles. The summed E-state index contributed by atoms with van der Waals surface area (Å²) in [5.41, 5.74) is 1.58. The van der Waals surface area contributed by atoms with Crippen LogP contribution < -0.4 is 10.1 Å². The number of nitrogens with one attached hydrogen (secondary N) is 1. The van der Waals surface area contributed by atoms with E-state index in [9.17, 15) is 4.79 Å². The van der Waals surface area contributed by atoms with Crippen LogP contribution in [0.15, 0.2) is 77.5 Å². The molecule has 0 saturated carbocycles. The van der Waals surface area contributed by atoms with Crippen molar-refractivity contribution < 1.29 is 13.9 Å². The van der Waals surface area contributed by atoms with Crippen LogP contribution >= 0.6 is 11.6 Å². The van der Waals surface area contributed by atoms with Gasteiger partial charge in [-0.3, -0.25) is 9.48 Å². The van der Waals surface area contributed by atoms with E-state index in [1.807, 2.05) is 43.5 Å². The minimum absolute atomic E-state index is 0.188. The van der Waals surface area contributed by atoms with E-state index in [1.165, 1.54) is 0 Å². The molecule has 1 N–H and O–H groups in total. The number of rotatable bonds is 6. The Hall–Kier alpha value is -3.51. The Labute approximate surface area is 172 Å². The summed E-state index contributed by atoms with van der Waals surface area (Å²) in [5, 5.41) is 7.41. The third kappa shape index (κ3) is 4.67. The number of anilines is 1. The lowest BCUT2D eigenvalue weighted by Gasteiger charge is -2.12. The molecule has 0 spiro atoms. The molecule has 2 aromatic carbocycles. The molecule has 6 nitrogen and oxygen atoms in total. The minimum atomic E-state index is -0.396. The standard InChI is InChI=1S/C22H18ClN3O3/c1-15-3-6-17(7-4-15)28-20-9-5-16(23)13-19(20)25-22(27)21-10-8-18(29-21)14-26-12-2-11-24-26/h2-13H,14H2,1H3,(H,25,27). The van der Waals surface area contributed by atoms with Gasteiger partial charge in [-0.1, -0.05) is 29.3 Å². The highest BCUT2D eigenvalue weighted by atomic mass is 35.5. The van der Waals surface area contributed by atoms with Crippen molar-refractivity contribution in [2.24, 2.45) is 0 Å². The van der Waals surface area contributed by atoms with E-state index < -0.39 is 5.91 Å². The molecule has 146 valence electrons. The van der Waals surface area contributed by atoms with Crippen LogP contribution in [0.4, 0.5) is 5.69 Å². The molecule has 0 aliphatic rings. The lowest BCUT2D eigenvalue weighted by atomic mass is 10.2. The number of ether oxygens (including phenoxy) is 1. The Kier molecular flexibility index (Phi) is 5.35. The number of nitrogens with zero attached hydrogens (tertiary/aromatic N) is 2. The van der Waals surface area contributed by atoms with E-state index in [2.05, 4.69) is 10.4 Å². The average molecular weight is 408 g/mol. The molecule has 0 saturated heterocycles. The number of carbonyl (C=O) groups excluding carboxylic acids is 1. The van der Waals surface area contributed by atoms with E-state index in [0.717, 1.165) is 5.56 Å². The summed E-state index contributed by atoms with van der Waals surface area (Å²) in [5.74, 6) is 1.56. The van der Waals surface area contributed by atoms with Crippen LogP contribution in [0.1, 0.15) is 21.9 Å². The van der Waals surface area contributed by atoms with Crippen LogP contribution in [0.5, 0.6) is 11.5 Å². The number of carbonyl (C=O) groups is 1. The predicted molar refractivity (Wildman–Crippen MR) is 111 cm³/mol. The normalized spacial score (nSPS) is 10.7. The van der Waals surface area contributed by atoms with Crippen molar-refractivity contribution in [2.45, 2.75) is 13.5 Å². The Morgan fingerprint density at radius 2 is 2.00 bits per heavy atom. The second-order valence-electron chi connectivity index (χ2n) is 6.48. The molecule has 0 radical (unpaired) electrons. The van der Waals surface area contributed by atoms with Crippen LogP contribution in [0.2, 0.25) is 5.02 Å². The van der Waals surface area contributed by atoms with Crippen molar-refractivity contribution in [3.05, 3.63) is 95.2 Å². The Balaban J connectivity index is 1.51. The zero-order valence-corrected chi connectivity index (χ0v) is 16.4. The SMILES string of the molecule is Cc1ccc(Oc2ccc(Cl)cc2NC(=O)c2ccc(Cn3cccn3)o2)cc1. The van der Waals surface area contributed by atoms with Gasteiger partial charge in [-0.2, -0.15) is 5.10 Å². The molecular weight excluding hydrogens is 390 g/mol. The number of amides is 1. The van der Waals surface area contributed by atoms with Crippen molar-refractivity contribution in [3.8, 4) is 11.5 Å². The number of aryl methyl sites for hydroxylation is 1. The number of hydrogen-bond donors (Lipinski definition) is 1. The van der Waals surface area contributed by atoms with Gasteiger partial charge in [-0.25, -0.2) is 0 Å². The Morgan fingerprint density at radius 3 is 2.76 bits per heavy atom. The van der Waals surface area contributed by atoms with Gasteiger partial charge in [0.2, 0.25) is 0 Å². The molecule has 2 heterocycles. The Morgan fingerprint density at radius 1 is 1.17 bits per heavy atom. The topological polar surface area (TPSA) is 69.3 Å². The van der Waals surface area contributed by atoms with E-state index >= 15 is 0 Å². The summed E-state index contributed by atoms with van der Waals surface area (Å²) in [4.78, 5) is 12.7.